The van der Waals surface area contributed by atoms with Crippen molar-refractivity contribution in [2.45, 2.75) is 25.8 Å². The van der Waals surface area contributed by atoms with E-state index in [9.17, 15) is 9.59 Å². The zero-order valence-corrected chi connectivity index (χ0v) is 12.8. The largest absolute Gasteiger partial charge is 0.351 e. The molecule has 1 aromatic rings. The van der Waals surface area contributed by atoms with Crippen molar-refractivity contribution in [3.05, 3.63) is 21.3 Å². The number of carbonyl (C=O) groups excluding carboxylic acids is 2. The number of primary amides is 1. The minimum absolute atomic E-state index is 0.0343. The van der Waals surface area contributed by atoms with Crippen LogP contribution in [0.25, 0.3) is 0 Å². The van der Waals surface area contributed by atoms with Crippen LogP contribution in [-0.4, -0.2) is 29.9 Å². The summed E-state index contributed by atoms with van der Waals surface area (Å²) in [6, 6.07) is 3.19. The number of carbonyl (C=O) groups is 2. The molecule has 0 aliphatic carbocycles. The van der Waals surface area contributed by atoms with Crippen molar-refractivity contribution in [2.24, 2.45) is 11.7 Å². The van der Waals surface area contributed by atoms with Crippen LogP contribution < -0.4 is 11.1 Å². The van der Waals surface area contributed by atoms with Crippen molar-refractivity contribution in [2.75, 3.05) is 13.1 Å². The lowest BCUT2D eigenvalue weighted by Gasteiger charge is -2.31. The number of piperidine rings is 1. The second-order valence-electron chi connectivity index (χ2n) is 5.00. The molecule has 7 heteroatoms. The number of halogens is 1. The Hall–Kier alpha value is -1.27. The van der Waals surface area contributed by atoms with Gasteiger partial charge in [-0.25, -0.2) is 4.79 Å². The lowest BCUT2D eigenvalue weighted by Crippen LogP contribution is -2.47. The first-order chi connectivity index (χ1) is 9.47. The third-order valence-corrected chi connectivity index (χ3v) is 4.90. The Morgan fingerprint density at radius 1 is 1.55 bits per heavy atom. The van der Waals surface area contributed by atoms with Crippen LogP contribution in [0.3, 0.4) is 0 Å². The summed E-state index contributed by atoms with van der Waals surface area (Å²) in [4.78, 5) is 26.0. The van der Waals surface area contributed by atoms with Crippen molar-refractivity contribution < 1.29 is 9.59 Å². The van der Waals surface area contributed by atoms with Gasteiger partial charge in [0.25, 0.3) is 0 Å². The molecular formula is C13H18ClN3O2S. The van der Waals surface area contributed by atoms with E-state index in [1.807, 2.05) is 19.1 Å². The molecule has 2 heterocycles. The number of nitrogens with two attached hydrogens (primary N) is 1. The standard InChI is InChI=1S/C13H18ClN3O2S/c1-8(10-4-5-11(14)20-10)16-12(18)9-3-2-6-17(7-9)13(15)19/h4-5,8-9H,2-3,6-7H2,1H3,(H2,15,19)(H,16,18). The SMILES string of the molecule is CC(NC(=O)C1CCCN(C(N)=O)C1)c1ccc(Cl)s1. The van der Waals surface area contributed by atoms with Gasteiger partial charge in [0, 0.05) is 18.0 Å². The molecule has 1 aliphatic rings. The van der Waals surface area contributed by atoms with E-state index >= 15 is 0 Å². The molecule has 0 saturated carbocycles. The van der Waals surface area contributed by atoms with Crippen molar-refractivity contribution in [3.63, 3.8) is 0 Å². The molecule has 3 N–H and O–H groups in total. The van der Waals surface area contributed by atoms with Crippen molar-refractivity contribution in [3.8, 4) is 0 Å². The molecule has 1 saturated heterocycles. The first-order valence-electron chi connectivity index (χ1n) is 6.57. The second-order valence-corrected chi connectivity index (χ2v) is 6.74. The first kappa shape index (κ1) is 15.1. The quantitative estimate of drug-likeness (QED) is 0.898. The molecule has 2 unspecified atom stereocenters. The molecule has 110 valence electrons. The Morgan fingerprint density at radius 3 is 2.90 bits per heavy atom. The highest BCUT2D eigenvalue weighted by Crippen LogP contribution is 2.27. The Morgan fingerprint density at radius 2 is 2.30 bits per heavy atom. The Labute approximate surface area is 127 Å². The summed E-state index contributed by atoms with van der Waals surface area (Å²) in [7, 11) is 0. The minimum Gasteiger partial charge on any atom is -0.351 e. The lowest BCUT2D eigenvalue weighted by atomic mass is 9.97. The molecule has 2 rings (SSSR count). The number of nitrogens with zero attached hydrogens (tertiary/aromatic N) is 1. The van der Waals surface area contributed by atoms with Gasteiger partial charge in [0.1, 0.15) is 0 Å². The maximum absolute atomic E-state index is 12.2. The van der Waals surface area contributed by atoms with Crippen LogP contribution >= 0.6 is 22.9 Å². The number of nitrogens with one attached hydrogen (secondary N) is 1. The monoisotopic (exact) mass is 315 g/mol. The maximum Gasteiger partial charge on any atom is 0.314 e. The van der Waals surface area contributed by atoms with Crippen LogP contribution in [0.15, 0.2) is 12.1 Å². The number of likely N-dealkylation sites (tertiary alicyclic amines) is 1. The minimum atomic E-state index is -0.458. The number of amides is 3. The van der Waals surface area contributed by atoms with Crippen molar-refractivity contribution in [1.82, 2.24) is 10.2 Å². The van der Waals surface area contributed by atoms with Gasteiger partial charge in [-0.15, -0.1) is 11.3 Å². The molecule has 1 aromatic heterocycles. The Bertz CT molecular complexity index is 506. The summed E-state index contributed by atoms with van der Waals surface area (Å²) in [5.41, 5.74) is 5.27. The summed E-state index contributed by atoms with van der Waals surface area (Å²) in [6.07, 6.45) is 1.59. The van der Waals surface area contributed by atoms with Gasteiger partial charge in [-0.05, 0) is 31.9 Å². The van der Waals surface area contributed by atoms with Crippen LogP contribution in [0.5, 0.6) is 0 Å². The van der Waals surface area contributed by atoms with E-state index < -0.39 is 6.03 Å². The maximum atomic E-state index is 12.2. The number of rotatable bonds is 3. The summed E-state index contributed by atoms with van der Waals surface area (Å²) < 4.78 is 0.707. The van der Waals surface area contributed by atoms with Crippen molar-refractivity contribution >= 4 is 34.9 Å². The van der Waals surface area contributed by atoms with Gasteiger partial charge < -0.3 is 16.0 Å². The molecule has 3 amide bonds. The second kappa shape index (κ2) is 6.45. The van der Waals surface area contributed by atoms with Crippen LogP contribution in [0.1, 0.15) is 30.7 Å². The molecule has 0 spiro atoms. The fourth-order valence-electron chi connectivity index (χ4n) is 2.35. The van der Waals surface area contributed by atoms with Crippen LogP contribution in [0.2, 0.25) is 4.34 Å². The summed E-state index contributed by atoms with van der Waals surface area (Å²) in [5, 5.41) is 2.97. The van der Waals surface area contributed by atoms with Crippen LogP contribution in [-0.2, 0) is 4.79 Å². The van der Waals surface area contributed by atoms with Gasteiger partial charge in [-0.3, -0.25) is 4.79 Å². The number of hydrogen-bond acceptors (Lipinski definition) is 3. The number of urea groups is 1. The van der Waals surface area contributed by atoms with E-state index in [0.717, 1.165) is 17.7 Å². The van der Waals surface area contributed by atoms with E-state index in [0.29, 0.717) is 17.4 Å². The van der Waals surface area contributed by atoms with E-state index in [1.54, 1.807) is 0 Å². The van der Waals surface area contributed by atoms with Gasteiger partial charge in [-0.1, -0.05) is 11.6 Å². The van der Waals surface area contributed by atoms with Gasteiger partial charge in [-0.2, -0.15) is 0 Å². The highest BCUT2D eigenvalue weighted by Gasteiger charge is 2.28. The van der Waals surface area contributed by atoms with Gasteiger partial charge in [0.05, 0.1) is 16.3 Å². The summed E-state index contributed by atoms with van der Waals surface area (Å²) in [6.45, 7) is 2.96. The third-order valence-electron chi connectivity index (χ3n) is 3.48. The summed E-state index contributed by atoms with van der Waals surface area (Å²) >= 11 is 7.35. The molecule has 2 atom stereocenters. The zero-order valence-electron chi connectivity index (χ0n) is 11.3. The average Bonchev–Trinajstić information content (AvgIpc) is 2.85. The predicted octanol–water partition coefficient (Wildman–Crippen LogP) is 2.37. The number of thiophene rings is 1. The molecule has 0 radical (unpaired) electrons. The highest BCUT2D eigenvalue weighted by atomic mass is 35.5. The Kier molecular flexibility index (Phi) is 4.88. The van der Waals surface area contributed by atoms with E-state index in [1.165, 1.54) is 16.2 Å². The molecule has 0 bridgehead atoms. The van der Waals surface area contributed by atoms with Gasteiger partial charge in [0.15, 0.2) is 0 Å². The van der Waals surface area contributed by atoms with Gasteiger partial charge in [0.2, 0.25) is 5.91 Å². The molecule has 20 heavy (non-hydrogen) atoms. The molecular weight excluding hydrogens is 298 g/mol. The lowest BCUT2D eigenvalue weighted by molar-refractivity contribution is -0.126. The topological polar surface area (TPSA) is 75.4 Å². The van der Waals surface area contributed by atoms with Crippen molar-refractivity contribution in [1.29, 1.82) is 0 Å². The molecule has 1 fully saturated rings. The van der Waals surface area contributed by atoms with Crippen LogP contribution in [0.4, 0.5) is 4.79 Å². The first-order valence-corrected chi connectivity index (χ1v) is 7.77. The number of hydrogen-bond donors (Lipinski definition) is 2. The smallest absolute Gasteiger partial charge is 0.314 e. The van der Waals surface area contributed by atoms with Crippen LogP contribution in [0, 0.1) is 5.92 Å². The predicted molar refractivity (Wildman–Crippen MR) is 79.8 cm³/mol. The summed E-state index contributed by atoms with van der Waals surface area (Å²) in [5.74, 6) is -0.220. The highest BCUT2D eigenvalue weighted by molar-refractivity contribution is 7.16. The fraction of sp³-hybridized carbons (Fsp3) is 0.538. The molecule has 0 aromatic carbocycles. The average molecular weight is 316 g/mol. The van der Waals surface area contributed by atoms with E-state index in [2.05, 4.69) is 5.32 Å². The van der Waals surface area contributed by atoms with E-state index in [4.69, 9.17) is 17.3 Å². The molecule has 1 aliphatic heterocycles. The third kappa shape index (κ3) is 3.64. The fourth-order valence-corrected chi connectivity index (χ4v) is 3.42. The zero-order chi connectivity index (χ0) is 14.7. The van der Waals surface area contributed by atoms with Gasteiger partial charge >= 0.3 is 6.03 Å². The Balaban J connectivity index is 1.92. The van der Waals surface area contributed by atoms with E-state index in [-0.39, 0.29) is 17.9 Å². The normalized spacial score (nSPS) is 20.5. The molecule has 5 nitrogen and oxygen atoms in total.